The van der Waals surface area contributed by atoms with Crippen LogP contribution in [0.1, 0.15) is 10.4 Å². The number of amides is 1. The predicted octanol–water partition coefficient (Wildman–Crippen LogP) is 3.88. The zero-order valence-corrected chi connectivity index (χ0v) is 11.3. The Morgan fingerprint density at radius 3 is 2.71 bits per heavy atom. The van der Waals surface area contributed by atoms with Crippen molar-refractivity contribution in [1.29, 1.82) is 0 Å². The van der Waals surface area contributed by atoms with Crippen LogP contribution in [-0.4, -0.2) is 5.91 Å². The van der Waals surface area contributed by atoms with Gasteiger partial charge in [-0.15, -0.1) is 11.3 Å². The number of nitrogens with one attached hydrogen (secondary N) is 1. The highest BCUT2D eigenvalue weighted by molar-refractivity contribution is 14.1. The van der Waals surface area contributed by atoms with Gasteiger partial charge in [0.2, 0.25) is 0 Å². The van der Waals surface area contributed by atoms with Gasteiger partial charge < -0.3 is 5.32 Å². The number of thiophene rings is 1. The first kappa shape index (κ1) is 12.4. The summed E-state index contributed by atoms with van der Waals surface area (Å²) in [6.45, 7) is 0. The van der Waals surface area contributed by atoms with Crippen molar-refractivity contribution >= 4 is 45.5 Å². The lowest BCUT2D eigenvalue weighted by Crippen LogP contribution is -2.12. The molecule has 6 heteroatoms. The van der Waals surface area contributed by atoms with Gasteiger partial charge in [0, 0.05) is 11.4 Å². The maximum absolute atomic E-state index is 13.3. The van der Waals surface area contributed by atoms with E-state index in [1.165, 1.54) is 11.3 Å². The third kappa shape index (κ3) is 3.01. The molecule has 2 aromatic rings. The van der Waals surface area contributed by atoms with Gasteiger partial charge in [-0.1, -0.05) is 0 Å². The highest BCUT2D eigenvalue weighted by Crippen LogP contribution is 2.20. The van der Waals surface area contributed by atoms with Crippen molar-refractivity contribution in [1.82, 2.24) is 0 Å². The first-order valence-corrected chi connectivity index (χ1v) is 6.52. The largest absolute Gasteiger partial charge is 0.319 e. The molecule has 1 aromatic carbocycles. The zero-order chi connectivity index (χ0) is 12.4. The van der Waals surface area contributed by atoms with Crippen LogP contribution in [-0.2, 0) is 0 Å². The topological polar surface area (TPSA) is 29.1 Å². The number of hydrogen-bond donors (Lipinski definition) is 1. The van der Waals surface area contributed by atoms with Gasteiger partial charge in [0.05, 0.1) is 14.1 Å². The Hall–Kier alpha value is -1.02. The van der Waals surface area contributed by atoms with E-state index in [4.69, 9.17) is 0 Å². The summed E-state index contributed by atoms with van der Waals surface area (Å²) in [5, 5.41) is 3.99. The molecule has 88 valence electrons. The summed E-state index contributed by atoms with van der Waals surface area (Å²) >= 11 is 3.49. The monoisotopic (exact) mass is 365 g/mol. The number of carbonyl (C=O) groups excluding carboxylic acids is 1. The minimum atomic E-state index is -0.662. The minimum absolute atomic E-state index is 0.156. The van der Waals surface area contributed by atoms with Gasteiger partial charge in [-0.2, -0.15) is 0 Å². The van der Waals surface area contributed by atoms with E-state index in [9.17, 15) is 13.6 Å². The van der Waals surface area contributed by atoms with Crippen LogP contribution < -0.4 is 5.32 Å². The minimum Gasteiger partial charge on any atom is -0.319 e. The maximum Gasteiger partial charge on any atom is 0.256 e. The molecule has 0 aliphatic carbocycles. The van der Waals surface area contributed by atoms with E-state index in [2.05, 4.69) is 27.9 Å². The second-order valence-electron chi connectivity index (χ2n) is 3.22. The molecule has 0 fully saturated rings. The van der Waals surface area contributed by atoms with Gasteiger partial charge in [0.25, 0.3) is 5.91 Å². The first-order valence-electron chi connectivity index (χ1n) is 4.56. The second kappa shape index (κ2) is 5.09. The molecule has 1 N–H and O–H groups in total. The first-order chi connectivity index (χ1) is 8.06. The SMILES string of the molecule is O=C(Nc1cc(F)ccc1F)c1csc(I)c1. The van der Waals surface area contributed by atoms with Crippen molar-refractivity contribution in [3.8, 4) is 0 Å². The quantitative estimate of drug-likeness (QED) is 0.805. The van der Waals surface area contributed by atoms with Crippen molar-refractivity contribution in [2.75, 3.05) is 5.32 Å². The van der Waals surface area contributed by atoms with E-state index in [1.54, 1.807) is 11.4 Å². The Kier molecular flexibility index (Phi) is 3.72. The molecule has 0 atom stereocenters. The second-order valence-corrected chi connectivity index (χ2v) is 6.02. The van der Waals surface area contributed by atoms with Crippen molar-refractivity contribution in [2.24, 2.45) is 0 Å². The van der Waals surface area contributed by atoms with Crippen LogP contribution in [0.4, 0.5) is 14.5 Å². The van der Waals surface area contributed by atoms with Gasteiger partial charge in [0.15, 0.2) is 0 Å². The summed E-state index contributed by atoms with van der Waals surface area (Å²) in [6.07, 6.45) is 0. The highest BCUT2D eigenvalue weighted by Gasteiger charge is 2.11. The van der Waals surface area contributed by atoms with Crippen LogP contribution in [0.3, 0.4) is 0 Å². The molecule has 0 saturated carbocycles. The summed E-state index contributed by atoms with van der Waals surface area (Å²) < 4.78 is 27.1. The molecule has 1 heterocycles. The van der Waals surface area contributed by atoms with Gasteiger partial charge >= 0.3 is 0 Å². The third-order valence-electron chi connectivity index (χ3n) is 2.01. The van der Waals surface area contributed by atoms with Crippen LogP contribution in [0, 0.1) is 14.5 Å². The van der Waals surface area contributed by atoms with E-state index < -0.39 is 17.5 Å². The molecule has 17 heavy (non-hydrogen) atoms. The lowest BCUT2D eigenvalue weighted by atomic mass is 10.2. The molecular formula is C11H6F2INOS. The number of rotatable bonds is 2. The lowest BCUT2D eigenvalue weighted by molar-refractivity contribution is 0.102. The lowest BCUT2D eigenvalue weighted by Gasteiger charge is -2.04. The Balaban J connectivity index is 2.21. The summed E-state index contributed by atoms with van der Waals surface area (Å²) in [6, 6.07) is 4.60. The number of anilines is 1. The Morgan fingerprint density at radius 1 is 1.29 bits per heavy atom. The number of halogens is 3. The van der Waals surface area contributed by atoms with Crippen LogP contribution in [0.15, 0.2) is 29.6 Å². The summed E-state index contributed by atoms with van der Waals surface area (Å²) in [7, 11) is 0. The highest BCUT2D eigenvalue weighted by atomic mass is 127. The molecule has 0 saturated heterocycles. The van der Waals surface area contributed by atoms with E-state index in [1.807, 2.05) is 0 Å². The van der Waals surface area contributed by atoms with Crippen LogP contribution in [0.25, 0.3) is 0 Å². The Morgan fingerprint density at radius 2 is 2.06 bits per heavy atom. The predicted molar refractivity (Wildman–Crippen MR) is 71.3 cm³/mol. The van der Waals surface area contributed by atoms with Gasteiger partial charge in [-0.25, -0.2) is 8.78 Å². The molecule has 2 rings (SSSR count). The molecule has 0 aliphatic heterocycles. The van der Waals surface area contributed by atoms with E-state index >= 15 is 0 Å². The van der Waals surface area contributed by atoms with Crippen LogP contribution >= 0.6 is 33.9 Å². The van der Waals surface area contributed by atoms with Crippen molar-refractivity contribution in [3.63, 3.8) is 0 Å². The molecular weight excluding hydrogens is 359 g/mol. The molecule has 0 radical (unpaired) electrons. The number of carbonyl (C=O) groups is 1. The molecule has 0 unspecified atom stereocenters. The average molecular weight is 365 g/mol. The smallest absolute Gasteiger partial charge is 0.256 e. The van der Waals surface area contributed by atoms with Gasteiger partial charge in [-0.05, 0) is 40.8 Å². The maximum atomic E-state index is 13.3. The van der Waals surface area contributed by atoms with Crippen molar-refractivity contribution in [3.05, 3.63) is 49.7 Å². The average Bonchev–Trinajstić information content (AvgIpc) is 2.70. The van der Waals surface area contributed by atoms with Gasteiger partial charge in [-0.3, -0.25) is 4.79 Å². The van der Waals surface area contributed by atoms with Crippen LogP contribution in [0.5, 0.6) is 0 Å². The number of benzene rings is 1. The van der Waals surface area contributed by atoms with E-state index in [0.29, 0.717) is 5.56 Å². The van der Waals surface area contributed by atoms with Gasteiger partial charge in [0.1, 0.15) is 11.6 Å². The Labute approximate surface area is 114 Å². The summed E-state index contributed by atoms with van der Waals surface area (Å²) in [5.74, 6) is -1.71. The standard InChI is InChI=1S/C11H6F2INOS/c12-7-1-2-8(13)9(4-7)15-11(16)6-3-10(14)17-5-6/h1-5H,(H,15,16). The summed E-state index contributed by atoms with van der Waals surface area (Å²) in [5.41, 5.74) is 0.277. The molecule has 0 aliphatic rings. The molecule has 1 amide bonds. The number of hydrogen-bond acceptors (Lipinski definition) is 2. The summed E-state index contributed by atoms with van der Waals surface area (Å²) in [4.78, 5) is 11.7. The molecule has 0 spiro atoms. The van der Waals surface area contributed by atoms with E-state index in [-0.39, 0.29) is 5.69 Å². The normalized spacial score (nSPS) is 10.3. The molecule has 0 bridgehead atoms. The zero-order valence-electron chi connectivity index (χ0n) is 8.34. The van der Waals surface area contributed by atoms with Crippen molar-refractivity contribution in [2.45, 2.75) is 0 Å². The third-order valence-corrected chi connectivity index (χ3v) is 3.80. The fraction of sp³-hybridized carbons (Fsp3) is 0. The fourth-order valence-corrected chi connectivity index (χ4v) is 2.54. The van der Waals surface area contributed by atoms with Crippen molar-refractivity contribution < 1.29 is 13.6 Å². The van der Waals surface area contributed by atoms with E-state index in [0.717, 1.165) is 21.1 Å². The molecule has 1 aromatic heterocycles. The fourth-order valence-electron chi connectivity index (χ4n) is 1.22. The van der Waals surface area contributed by atoms with Crippen LogP contribution in [0.2, 0.25) is 0 Å². The Bertz CT molecular complexity index is 570. The molecule has 2 nitrogen and oxygen atoms in total.